The molecule has 2 nitrogen and oxygen atoms in total. The van der Waals surface area contributed by atoms with Gasteiger partial charge in [-0.05, 0) is 46.5 Å². The van der Waals surface area contributed by atoms with Crippen LogP contribution in [0.1, 0.15) is 21.5 Å². The molecule has 0 fully saturated rings. The van der Waals surface area contributed by atoms with Crippen LogP contribution in [0, 0.1) is 5.82 Å². The number of rotatable bonds is 5. The first-order valence-electron chi connectivity index (χ1n) is 8.08. The summed E-state index contributed by atoms with van der Waals surface area (Å²) in [7, 11) is 0. The number of carbonyl (C=O) groups is 1. The van der Waals surface area contributed by atoms with E-state index in [1.54, 1.807) is 24.3 Å². The van der Waals surface area contributed by atoms with Gasteiger partial charge in [-0.3, -0.25) is 0 Å². The van der Waals surface area contributed by atoms with Crippen LogP contribution in [-0.2, 0) is 0 Å². The molecule has 3 aromatic carbocycles. The molecular weight excluding hydrogens is 327 g/mol. The third kappa shape index (κ3) is 3.78. The molecule has 0 saturated heterocycles. The maximum atomic E-state index is 13.9. The van der Waals surface area contributed by atoms with Crippen molar-refractivity contribution in [3.63, 3.8) is 0 Å². The predicted molar refractivity (Wildman–Crippen MR) is 103 cm³/mol. The molecule has 0 N–H and O–H groups in total. The highest BCUT2D eigenvalue weighted by molar-refractivity contribution is 5.91. The van der Waals surface area contributed by atoms with E-state index in [9.17, 15) is 9.18 Å². The van der Waals surface area contributed by atoms with Gasteiger partial charge in [-0.1, -0.05) is 67.8 Å². The Bertz CT molecular complexity index is 955. The van der Waals surface area contributed by atoms with Crippen LogP contribution in [-0.4, -0.2) is 5.97 Å². The van der Waals surface area contributed by atoms with Gasteiger partial charge < -0.3 is 4.74 Å². The molecule has 0 saturated carbocycles. The number of carbonyl (C=O) groups excluding carboxylic acids is 1. The van der Waals surface area contributed by atoms with Gasteiger partial charge in [-0.15, -0.1) is 0 Å². The van der Waals surface area contributed by atoms with Gasteiger partial charge in [-0.2, -0.15) is 0 Å². The first kappa shape index (κ1) is 17.4. The van der Waals surface area contributed by atoms with Crippen LogP contribution in [0.5, 0.6) is 5.75 Å². The lowest BCUT2D eigenvalue weighted by Crippen LogP contribution is -2.09. The minimum atomic E-state index is -0.608. The van der Waals surface area contributed by atoms with Crippen LogP contribution in [0.15, 0.2) is 79.9 Å². The topological polar surface area (TPSA) is 26.3 Å². The molecule has 0 unspecified atom stereocenters. The Morgan fingerprint density at radius 2 is 1.35 bits per heavy atom. The van der Waals surface area contributed by atoms with Gasteiger partial charge in [0.2, 0.25) is 0 Å². The van der Waals surface area contributed by atoms with Gasteiger partial charge in [0.05, 0.1) is 5.56 Å². The third-order valence-corrected chi connectivity index (χ3v) is 3.99. The lowest BCUT2D eigenvalue weighted by Gasteiger charge is -2.07. The molecule has 0 spiro atoms. The normalized spacial score (nSPS) is 10.2. The van der Waals surface area contributed by atoms with Crippen molar-refractivity contribution in [2.45, 2.75) is 0 Å². The maximum Gasteiger partial charge on any atom is 0.343 e. The van der Waals surface area contributed by atoms with Crippen molar-refractivity contribution in [2.24, 2.45) is 0 Å². The van der Waals surface area contributed by atoms with Crippen LogP contribution < -0.4 is 4.74 Å². The highest BCUT2D eigenvalue weighted by atomic mass is 19.1. The minimum absolute atomic E-state index is 0.107. The van der Waals surface area contributed by atoms with Crippen molar-refractivity contribution in [1.82, 2.24) is 0 Å². The van der Waals surface area contributed by atoms with Crippen LogP contribution >= 0.6 is 0 Å². The van der Waals surface area contributed by atoms with Gasteiger partial charge in [0.1, 0.15) is 0 Å². The van der Waals surface area contributed by atoms with Crippen LogP contribution in [0.2, 0.25) is 0 Å². The van der Waals surface area contributed by atoms with Crippen molar-refractivity contribution < 1.29 is 13.9 Å². The lowest BCUT2D eigenvalue weighted by atomic mass is 10.0. The number of hydrogen-bond acceptors (Lipinski definition) is 2. The van der Waals surface area contributed by atoms with Gasteiger partial charge in [0, 0.05) is 0 Å². The second kappa shape index (κ2) is 7.62. The average molecular weight is 344 g/mol. The quantitative estimate of drug-likeness (QED) is 0.419. The van der Waals surface area contributed by atoms with Crippen molar-refractivity contribution >= 4 is 18.1 Å². The summed E-state index contributed by atoms with van der Waals surface area (Å²) < 4.78 is 19.1. The highest BCUT2D eigenvalue weighted by Gasteiger charge is 2.12. The van der Waals surface area contributed by atoms with E-state index < -0.39 is 11.8 Å². The number of esters is 1. The first-order chi connectivity index (χ1) is 12.6. The Balaban J connectivity index is 1.76. The van der Waals surface area contributed by atoms with Gasteiger partial charge in [0.25, 0.3) is 0 Å². The molecule has 0 radical (unpaired) electrons. The average Bonchev–Trinajstić information content (AvgIpc) is 2.69. The van der Waals surface area contributed by atoms with E-state index in [4.69, 9.17) is 4.74 Å². The molecule has 0 bridgehead atoms. The molecule has 0 aliphatic carbocycles. The Hall–Kier alpha value is -3.46. The summed E-state index contributed by atoms with van der Waals surface area (Å²) in [5, 5.41) is 0. The van der Waals surface area contributed by atoms with Crippen LogP contribution in [0.25, 0.3) is 23.3 Å². The second-order valence-electron chi connectivity index (χ2n) is 5.69. The summed E-state index contributed by atoms with van der Waals surface area (Å²) in [5.74, 6) is -1.32. The molecule has 0 atom stereocenters. The molecule has 0 aliphatic rings. The van der Waals surface area contributed by atoms with Crippen LogP contribution in [0.4, 0.5) is 4.39 Å². The molecule has 0 heterocycles. The van der Waals surface area contributed by atoms with Crippen molar-refractivity contribution in [2.75, 3.05) is 0 Å². The predicted octanol–water partition coefficient (Wildman–Crippen LogP) is 6.00. The zero-order valence-corrected chi connectivity index (χ0v) is 14.1. The smallest absolute Gasteiger partial charge is 0.343 e. The lowest BCUT2D eigenvalue weighted by molar-refractivity contribution is 0.0728. The number of halogens is 1. The SMILES string of the molecule is C=Cc1ccc(-c2ccc(C(=O)Oc3ccc(C=C)cc3F)cc2)cc1. The fourth-order valence-corrected chi connectivity index (χ4v) is 2.50. The van der Waals surface area contributed by atoms with Gasteiger partial charge >= 0.3 is 5.97 Å². The Morgan fingerprint density at radius 1 is 0.808 bits per heavy atom. The molecule has 0 amide bonds. The molecule has 3 aromatic rings. The maximum absolute atomic E-state index is 13.9. The Morgan fingerprint density at radius 3 is 1.88 bits per heavy atom. The van der Waals surface area contributed by atoms with Crippen molar-refractivity contribution in [3.8, 4) is 16.9 Å². The van der Waals surface area contributed by atoms with Crippen LogP contribution in [0.3, 0.4) is 0 Å². The van der Waals surface area contributed by atoms with E-state index in [-0.39, 0.29) is 5.75 Å². The zero-order valence-electron chi connectivity index (χ0n) is 14.1. The first-order valence-corrected chi connectivity index (χ1v) is 8.08. The standard InChI is InChI=1S/C23H17FO2/c1-3-16-5-8-18(9-6-16)19-10-12-20(13-11-19)23(25)26-22-14-7-17(4-2)15-21(22)24/h3-15H,1-2H2. The van der Waals surface area contributed by atoms with Gasteiger partial charge in [-0.25, -0.2) is 9.18 Å². The van der Waals surface area contributed by atoms with E-state index in [0.29, 0.717) is 11.1 Å². The van der Waals surface area contributed by atoms with Gasteiger partial charge in [0.15, 0.2) is 11.6 Å². The second-order valence-corrected chi connectivity index (χ2v) is 5.69. The van der Waals surface area contributed by atoms with Crippen molar-refractivity contribution in [1.29, 1.82) is 0 Å². The summed E-state index contributed by atoms with van der Waals surface area (Å²) in [4.78, 5) is 12.2. The number of benzene rings is 3. The molecule has 0 aliphatic heterocycles. The zero-order chi connectivity index (χ0) is 18.5. The minimum Gasteiger partial charge on any atom is -0.420 e. The largest absolute Gasteiger partial charge is 0.420 e. The monoisotopic (exact) mass is 344 g/mol. The Labute approximate surface area is 151 Å². The van der Waals surface area contributed by atoms with E-state index >= 15 is 0 Å². The van der Waals surface area contributed by atoms with E-state index in [1.165, 1.54) is 18.2 Å². The summed E-state index contributed by atoms with van der Waals surface area (Å²) in [6, 6.07) is 19.2. The molecule has 3 heteroatoms. The third-order valence-electron chi connectivity index (χ3n) is 3.99. The molecule has 3 rings (SSSR count). The highest BCUT2D eigenvalue weighted by Crippen LogP contribution is 2.23. The number of hydrogen-bond donors (Lipinski definition) is 0. The fraction of sp³-hybridized carbons (Fsp3) is 0. The molecule has 26 heavy (non-hydrogen) atoms. The molecule has 0 aromatic heterocycles. The van der Waals surface area contributed by atoms with E-state index in [0.717, 1.165) is 16.7 Å². The Kier molecular flexibility index (Phi) is 5.09. The summed E-state index contributed by atoms with van der Waals surface area (Å²) >= 11 is 0. The number of ether oxygens (including phenoxy) is 1. The van der Waals surface area contributed by atoms with E-state index in [2.05, 4.69) is 13.2 Å². The summed E-state index contributed by atoms with van der Waals surface area (Å²) in [6.07, 6.45) is 3.30. The van der Waals surface area contributed by atoms with Crippen molar-refractivity contribution in [3.05, 3.63) is 102 Å². The summed E-state index contributed by atoms with van der Waals surface area (Å²) in [6.45, 7) is 7.31. The fourth-order valence-electron chi connectivity index (χ4n) is 2.50. The summed E-state index contributed by atoms with van der Waals surface area (Å²) in [5.41, 5.74) is 4.01. The molecule has 128 valence electrons. The molecular formula is C23H17FO2. The van der Waals surface area contributed by atoms with E-state index in [1.807, 2.05) is 36.4 Å².